The van der Waals surface area contributed by atoms with Crippen molar-refractivity contribution in [3.63, 3.8) is 0 Å². The second-order valence-electron chi connectivity index (χ2n) is 7.62. The van der Waals surface area contributed by atoms with Crippen LogP contribution in [0.25, 0.3) is 11.5 Å². The molecule has 0 bridgehead atoms. The summed E-state index contributed by atoms with van der Waals surface area (Å²) in [5.41, 5.74) is 3.50. The summed E-state index contributed by atoms with van der Waals surface area (Å²) < 4.78 is 14.5. The Balaban J connectivity index is 1.53. The molecule has 1 atom stereocenters. The van der Waals surface area contributed by atoms with E-state index in [-0.39, 0.29) is 12.2 Å². The minimum absolute atomic E-state index is 0.124. The Bertz CT molecular complexity index is 908. The lowest BCUT2D eigenvalue weighted by Crippen LogP contribution is -2.35. The molecule has 2 aliphatic heterocycles. The summed E-state index contributed by atoms with van der Waals surface area (Å²) in [6.07, 6.45) is 7.08. The number of aryl methyl sites for hydroxylation is 2. The van der Waals surface area contributed by atoms with Crippen LogP contribution in [0.2, 0.25) is 0 Å². The van der Waals surface area contributed by atoms with Gasteiger partial charge in [-0.25, -0.2) is 4.98 Å². The highest BCUT2D eigenvalue weighted by atomic mass is 16.5. The first-order valence-corrected chi connectivity index (χ1v) is 9.80. The number of rotatable bonds is 3. The second-order valence-corrected chi connectivity index (χ2v) is 7.62. The molecule has 5 rings (SSSR count). The minimum atomic E-state index is -0.124. The largest absolute Gasteiger partial charge is 0.463 e. The number of hydrogen-bond acceptors (Lipinski definition) is 4. The number of furan rings is 1. The number of piperidine rings is 1. The van der Waals surface area contributed by atoms with Gasteiger partial charge in [0.15, 0.2) is 5.76 Å². The molecule has 5 heteroatoms. The first-order valence-electron chi connectivity index (χ1n) is 9.80. The quantitative estimate of drug-likeness (QED) is 0.708. The summed E-state index contributed by atoms with van der Waals surface area (Å²) in [5, 5.41) is 0. The molecule has 1 aromatic carbocycles. The zero-order valence-electron chi connectivity index (χ0n) is 15.7. The summed E-state index contributed by atoms with van der Waals surface area (Å²) >= 11 is 0. The lowest BCUT2D eigenvalue weighted by molar-refractivity contribution is -0.0275. The van der Waals surface area contributed by atoms with E-state index in [4.69, 9.17) is 14.1 Å². The molecule has 1 unspecified atom stereocenters. The maximum atomic E-state index is 6.70. The molecule has 27 heavy (non-hydrogen) atoms. The zero-order valence-corrected chi connectivity index (χ0v) is 15.7. The number of hydrogen-bond donors (Lipinski definition) is 0. The van der Waals surface area contributed by atoms with Crippen LogP contribution in [0.4, 0.5) is 0 Å². The normalized spacial score (nSPS) is 20.9. The molecule has 2 aliphatic rings. The average molecular weight is 363 g/mol. The third-order valence-corrected chi connectivity index (χ3v) is 5.77. The summed E-state index contributed by atoms with van der Waals surface area (Å²) in [5.74, 6) is 1.80. The Morgan fingerprint density at radius 1 is 1.07 bits per heavy atom. The van der Waals surface area contributed by atoms with Crippen molar-refractivity contribution in [2.24, 2.45) is 0 Å². The van der Waals surface area contributed by atoms with E-state index in [1.54, 1.807) is 6.26 Å². The average Bonchev–Trinajstić information content (AvgIpc) is 3.34. The molecule has 5 nitrogen and oxygen atoms in total. The highest BCUT2D eigenvalue weighted by Gasteiger charge is 2.30. The standard InChI is InChI=1S/C22H25N3O2/c1-24-11-9-17(10-12-24)27-21-18-6-3-2-5-16(18)8-13-25-15-19(23-22(21)25)20-7-4-14-26-20/h2-7,14-15,17,21H,8-13H2,1H3. The van der Waals surface area contributed by atoms with E-state index in [1.807, 2.05) is 12.1 Å². The van der Waals surface area contributed by atoms with Gasteiger partial charge in [0.2, 0.25) is 0 Å². The van der Waals surface area contributed by atoms with Crippen LogP contribution in [0.3, 0.4) is 0 Å². The predicted molar refractivity (Wildman–Crippen MR) is 104 cm³/mol. The third kappa shape index (κ3) is 3.22. The van der Waals surface area contributed by atoms with Crippen LogP contribution in [-0.4, -0.2) is 40.7 Å². The van der Waals surface area contributed by atoms with Gasteiger partial charge in [0, 0.05) is 25.8 Å². The molecule has 140 valence electrons. The molecule has 0 N–H and O–H groups in total. The van der Waals surface area contributed by atoms with E-state index in [9.17, 15) is 0 Å². The van der Waals surface area contributed by atoms with Gasteiger partial charge in [-0.1, -0.05) is 24.3 Å². The second kappa shape index (κ2) is 6.98. The number of aromatic nitrogens is 2. The molecular weight excluding hydrogens is 338 g/mol. The third-order valence-electron chi connectivity index (χ3n) is 5.77. The molecule has 0 radical (unpaired) electrons. The fourth-order valence-corrected chi connectivity index (χ4v) is 4.21. The monoisotopic (exact) mass is 363 g/mol. The first kappa shape index (κ1) is 16.8. The molecule has 4 heterocycles. The van der Waals surface area contributed by atoms with E-state index in [0.717, 1.165) is 56.2 Å². The van der Waals surface area contributed by atoms with Crippen molar-refractivity contribution in [1.29, 1.82) is 0 Å². The highest BCUT2D eigenvalue weighted by Crippen LogP contribution is 2.35. The topological polar surface area (TPSA) is 43.4 Å². The number of benzene rings is 1. The zero-order chi connectivity index (χ0) is 18.2. The molecule has 0 aliphatic carbocycles. The van der Waals surface area contributed by atoms with Gasteiger partial charge in [0.1, 0.15) is 17.6 Å². The van der Waals surface area contributed by atoms with E-state index < -0.39 is 0 Å². The molecule has 1 fully saturated rings. The Morgan fingerprint density at radius 2 is 1.93 bits per heavy atom. The van der Waals surface area contributed by atoms with Gasteiger partial charge in [-0.05, 0) is 49.6 Å². The lowest BCUT2D eigenvalue weighted by atomic mass is 10.00. The maximum Gasteiger partial charge on any atom is 0.153 e. The summed E-state index contributed by atoms with van der Waals surface area (Å²) in [7, 11) is 2.18. The first-order chi connectivity index (χ1) is 13.3. The van der Waals surface area contributed by atoms with E-state index in [2.05, 4.69) is 47.0 Å². The number of ether oxygens (including phenoxy) is 1. The molecule has 3 aromatic rings. The van der Waals surface area contributed by atoms with Crippen molar-refractivity contribution in [2.75, 3.05) is 20.1 Å². The lowest BCUT2D eigenvalue weighted by Gasteiger charge is -2.32. The van der Waals surface area contributed by atoms with Crippen LogP contribution in [-0.2, 0) is 17.7 Å². The minimum Gasteiger partial charge on any atom is -0.463 e. The Kier molecular flexibility index (Phi) is 4.34. The van der Waals surface area contributed by atoms with Gasteiger partial charge in [-0.15, -0.1) is 0 Å². The van der Waals surface area contributed by atoms with Gasteiger partial charge in [0.05, 0.1) is 12.4 Å². The fourth-order valence-electron chi connectivity index (χ4n) is 4.21. The highest BCUT2D eigenvalue weighted by molar-refractivity contribution is 5.52. The Morgan fingerprint density at radius 3 is 2.74 bits per heavy atom. The van der Waals surface area contributed by atoms with E-state index in [0.29, 0.717) is 0 Å². The Labute approximate surface area is 159 Å². The van der Waals surface area contributed by atoms with E-state index >= 15 is 0 Å². The van der Waals surface area contributed by atoms with Crippen LogP contribution in [0.1, 0.15) is 35.9 Å². The van der Waals surface area contributed by atoms with Crippen molar-refractivity contribution < 1.29 is 9.15 Å². The van der Waals surface area contributed by atoms with Crippen LogP contribution < -0.4 is 0 Å². The smallest absolute Gasteiger partial charge is 0.153 e. The van der Waals surface area contributed by atoms with Gasteiger partial charge in [0.25, 0.3) is 0 Å². The SMILES string of the molecule is CN1CCC(OC2c3ccccc3CCn3cc(-c4ccco4)nc32)CC1. The van der Waals surface area contributed by atoms with E-state index in [1.165, 1.54) is 11.1 Å². The number of fused-ring (bicyclic) bond motifs is 2. The molecule has 0 saturated carbocycles. The van der Waals surface area contributed by atoms with Gasteiger partial charge in [-0.2, -0.15) is 0 Å². The Hall–Kier alpha value is -2.37. The van der Waals surface area contributed by atoms with Crippen LogP contribution in [0, 0.1) is 0 Å². The van der Waals surface area contributed by atoms with Crippen LogP contribution in [0.5, 0.6) is 0 Å². The van der Waals surface area contributed by atoms with Crippen molar-refractivity contribution in [3.8, 4) is 11.5 Å². The molecular formula is C22H25N3O2. The number of imidazole rings is 1. The van der Waals surface area contributed by atoms with Gasteiger partial charge < -0.3 is 18.6 Å². The molecule has 0 amide bonds. The van der Waals surface area contributed by atoms with Crippen molar-refractivity contribution >= 4 is 0 Å². The molecule has 2 aromatic heterocycles. The van der Waals surface area contributed by atoms with Crippen molar-refractivity contribution in [1.82, 2.24) is 14.5 Å². The predicted octanol–water partition coefficient (Wildman–Crippen LogP) is 3.90. The van der Waals surface area contributed by atoms with Gasteiger partial charge in [-0.3, -0.25) is 0 Å². The fraction of sp³-hybridized carbons (Fsp3) is 0.409. The maximum absolute atomic E-state index is 6.70. The summed E-state index contributed by atoms with van der Waals surface area (Å²) in [4.78, 5) is 7.32. The summed E-state index contributed by atoms with van der Waals surface area (Å²) in [6, 6.07) is 12.5. The van der Waals surface area contributed by atoms with Crippen LogP contribution in [0.15, 0.2) is 53.3 Å². The van der Waals surface area contributed by atoms with Crippen molar-refractivity contribution in [2.45, 2.75) is 38.0 Å². The van der Waals surface area contributed by atoms with Crippen LogP contribution >= 0.6 is 0 Å². The number of nitrogens with zero attached hydrogens (tertiary/aromatic N) is 3. The van der Waals surface area contributed by atoms with Gasteiger partial charge >= 0.3 is 0 Å². The van der Waals surface area contributed by atoms with Crippen molar-refractivity contribution in [3.05, 3.63) is 65.8 Å². The molecule has 1 saturated heterocycles. The molecule has 0 spiro atoms. The number of likely N-dealkylation sites (tertiary alicyclic amines) is 1. The summed E-state index contributed by atoms with van der Waals surface area (Å²) in [6.45, 7) is 3.09.